The Kier molecular flexibility index (Phi) is 19.7. The van der Waals surface area contributed by atoms with Crippen LogP contribution < -0.4 is 27.0 Å². The minimum absolute atomic E-state index is 0.0110. The number of nitrogens with zero attached hydrogens (tertiary/aromatic N) is 2. The van der Waals surface area contributed by atoms with E-state index in [9.17, 15) is 43.2 Å². The summed E-state index contributed by atoms with van der Waals surface area (Å²) in [6.45, 7) is 9.13. The predicted molar refractivity (Wildman–Crippen MR) is 232 cm³/mol. The fourth-order valence-electron chi connectivity index (χ4n) is 6.22. The van der Waals surface area contributed by atoms with Gasteiger partial charge in [0.25, 0.3) is 0 Å². The number of rotatable bonds is 25. The van der Waals surface area contributed by atoms with Crippen molar-refractivity contribution in [3.8, 4) is 0 Å². The minimum Gasteiger partial charge on any atom is -0.480 e. The minimum atomic E-state index is -4.74. The van der Waals surface area contributed by atoms with Crippen LogP contribution >= 0.6 is 7.82 Å². The zero-order valence-electron chi connectivity index (χ0n) is 36.0. The molecule has 2 aromatic carbocycles. The molecule has 5 N–H and O–H groups in total. The number of phosphoric acid groups is 1. The summed E-state index contributed by atoms with van der Waals surface area (Å²) in [5.74, 6) is -4.92. The van der Waals surface area contributed by atoms with Gasteiger partial charge < -0.3 is 40.6 Å². The molecule has 2 heterocycles. The fraction of sp³-hybridized carbons (Fsp3) is 0.395. The van der Waals surface area contributed by atoms with E-state index < -0.39 is 112 Å². The average molecular weight is 925 g/mol. The van der Waals surface area contributed by atoms with Crippen molar-refractivity contribution in [2.75, 3.05) is 31.7 Å². The number of hydrogen-bond donors (Lipinski definition) is 5. The Morgan fingerprint density at radius 3 is 2.15 bits per heavy atom. The lowest BCUT2D eigenvalue weighted by Gasteiger charge is -2.27. The SMILES string of the molecule is C=CCOC(=O)N[C@@H](COP(=O)(OCC=C)OC[C@H]1O[C@@H](n2ccc(NC(=O)Cc3ccccc3)nc2=O)C[C@@H]1OC(C)=O)C(=O)N[C@H](C(=O)N[C@@H](Cc1ccccc1)C(=O)O)C(C)C. The molecule has 7 atom stereocenters. The number of carbonyl (C=O) groups is 6. The van der Waals surface area contributed by atoms with Crippen molar-refractivity contribution in [1.29, 1.82) is 0 Å². The van der Waals surface area contributed by atoms with Gasteiger partial charge in [-0.25, -0.2) is 18.9 Å². The quantitative estimate of drug-likeness (QED) is 0.0463. The van der Waals surface area contributed by atoms with E-state index in [4.69, 9.17) is 27.8 Å². The summed E-state index contributed by atoms with van der Waals surface area (Å²) in [7, 11) is -4.74. The zero-order valence-corrected chi connectivity index (χ0v) is 36.9. The van der Waals surface area contributed by atoms with Crippen LogP contribution in [0.3, 0.4) is 0 Å². The normalized spacial score (nSPS) is 17.9. The topological polar surface area (TPSA) is 278 Å². The molecule has 350 valence electrons. The lowest BCUT2D eigenvalue weighted by Crippen LogP contribution is -2.58. The van der Waals surface area contributed by atoms with Gasteiger partial charge in [-0.15, -0.1) is 6.58 Å². The van der Waals surface area contributed by atoms with Crippen LogP contribution in [-0.4, -0.2) is 107 Å². The second-order valence-electron chi connectivity index (χ2n) is 14.8. The van der Waals surface area contributed by atoms with Gasteiger partial charge in [0.2, 0.25) is 17.7 Å². The van der Waals surface area contributed by atoms with Crippen LogP contribution in [0.25, 0.3) is 0 Å². The van der Waals surface area contributed by atoms with Crippen molar-refractivity contribution in [2.45, 2.75) is 76.6 Å². The van der Waals surface area contributed by atoms with Gasteiger partial charge in [-0.3, -0.25) is 37.3 Å². The highest BCUT2D eigenvalue weighted by Gasteiger charge is 2.42. The third-order valence-electron chi connectivity index (χ3n) is 9.34. The summed E-state index contributed by atoms with van der Waals surface area (Å²) >= 11 is 0. The summed E-state index contributed by atoms with van der Waals surface area (Å²) in [6.07, 6.45) is -0.732. The van der Waals surface area contributed by atoms with E-state index in [1.807, 2.05) is 6.07 Å². The maximum absolute atomic E-state index is 14.1. The van der Waals surface area contributed by atoms with Crippen molar-refractivity contribution in [3.63, 3.8) is 0 Å². The maximum atomic E-state index is 14.1. The molecule has 0 radical (unpaired) electrons. The molecule has 0 bridgehead atoms. The van der Waals surface area contributed by atoms with Gasteiger partial charge in [0.15, 0.2) is 0 Å². The molecule has 1 fully saturated rings. The van der Waals surface area contributed by atoms with E-state index >= 15 is 0 Å². The summed E-state index contributed by atoms with van der Waals surface area (Å²) in [6, 6.07) is 14.5. The highest BCUT2D eigenvalue weighted by molar-refractivity contribution is 7.48. The number of anilines is 1. The first kappa shape index (κ1) is 51.1. The molecular formula is C43H53N6O15P. The Balaban J connectivity index is 1.47. The Hall–Kier alpha value is -6.51. The number of amides is 4. The van der Waals surface area contributed by atoms with E-state index in [2.05, 4.69) is 39.4 Å². The summed E-state index contributed by atoms with van der Waals surface area (Å²) in [5, 5.41) is 19.6. The first-order valence-corrected chi connectivity index (χ1v) is 21.8. The van der Waals surface area contributed by atoms with Gasteiger partial charge in [0, 0.05) is 26.0 Å². The highest BCUT2D eigenvalue weighted by Crippen LogP contribution is 2.50. The molecule has 1 unspecified atom stereocenters. The Morgan fingerprint density at radius 2 is 1.55 bits per heavy atom. The number of carbonyl (C=O) groups excluding carboxylic acids is 5. The molecule has 65 heavy (non-hydrogen) atoms. The third-order valence-corrected chi connectivity index (χ3v) is 10.7. The number of alkyl carbamates (subject to hydrolysis) is 1. The van der Waals surface area contributed by atoms with E-state index in [0.29, 0.717) is 5.56 Å². The number of phosphoric ester groups is 1. The second kappa shape index (κ2) is 25.1. The van der Waals surface area contributed by atoms with Crippen molar-refractivity contribution in [2.24, 2.45) is 5.92 Å². The molecule has 4 rings (SSSR count). The smallest absolute Gasteiger partial charge is 0.475 e. The van der Waals surface area contributed by atoms with Gasteiger partial charge >= 0.3 is 31.5 Å². The first-order valence-electron chi connectivity index (χ1n) is 20.3. The van der Waals surface area contributed by atoms with Crippen molar-refractivity contribution < 1.29 is 66.2 Å². The number of esters is 1. The van der Waals surface area contributed by atoms with Gasteiger partial charge in [0.05, 0.1) is 26.2 Å². The second-order valence-corrected chi connectivity index (χ2v) is 16.4. The number of aliphatic carboxylic acids is 1. The number of ether oxygens (including phenoxy) is 3. The molecule has 1 aromatic heterocycles. The van der Waals surface area contributed by atoms with Crippen LogP contribution in [0.2, 0.25) is 0 Å². The number of hydrogen-bond acceptors (Lipinski definition) is 15. The van der Waals surface area contributed by atoms with Gasteiger partial charge in [-0.1, -0.05) is 93.2 Å². The molecule has 3 aromatic rings. The average Bonchev–Trinajstić information content (AvgIpc) is 3.66. The van der Waals surface area contributed by atoms with Crippen LogP contribution in [0.15, 0.2) is 103 Å². The molecule has 1 aliphatic rings. The Bertz CT molecular complexity index is 2240. The fourth-order valence-corrected chi connectivity index (χ4v) is 7.39. The first-order chi connectivity index (χ1) is 31.0. The van der Waals surface area contributed by atoms with Crippen molar-refractivity contribution in [3.05, 3.63) is 120 Å². The summed E-state index contributed by atoms with van der Waals surface area (Å²) in [5.41, 5.74) is 0.578. The third kappa shape index (κ3) is 16.5. The molecule has 21 nitrogen and oxygen atoms in total. The predicted octanol–water partition coefficient (Wildman–Crippen LogP) is 3.22. The molecule has 4 amide bonds. The number of aromatic nitrogens is 2. The van der Waals surface area contributed by atoms with Crippen LogP contribution in [0.5, 0.6) is 0 Å². The number of carboxylic acid groups (broad SMARTS) is 1. The molecule has 0 saturated carbocycles. The summed E-state index contributed by atoms with van der Waals surface area (Å²) < 4.78 is 48.1. The number of carboxylic acids is 1. The number of benzene rings is 2. The van der Waals surface area contributed by atoms with E-state index in [1.165, 1.54) is 24.4 Å². The highest BCUT2D eigenvalue weighted by atomic mass is 31.2. The van der Waals surface area contributed by atoms with Crippen LogP contribution in [0.1, 0.15) is 44.5 Å². The van der Waals surface area contributed by atoms with E-state index in [0.717, 1.165) is 17.1 Å². The Morgan fingerprint density at radius 1 is 0.892 bits per heavy atom. The van der Waals surface area contributed by atoms with E-state index in [-0.39, 0.29) is 31.7 Å². The van der Waals surface area contributed by atoms with Crippen LogP contribution in [-0.2, 0) is 69.2 Å². The molecule has 22 heteroatoms. The number of nitrogens with one attached hydrogen (secondary N) is 4. The molecular weight excluding hydrogens is 871 g/mol. The van der Waals surface area contributed by atoms with Crippen LogP contribution in [0.4, 0.5) is 10.6 Å². The van der Waals surface area contributed by atoms with Crippen LogP contribution in [0, 0.1) is 5.92 Å². The lowest BCUT2D eigenvalue weighted by molar-refractivity contribution is -0.150. The van der Waals surface area contributed by atoms with Crippen molar-refractivity contribution >= 4 is 49.4 Å². The van der Waals surface area contributed by atoms with Gasteiger partial charge in [-0.05, 0) is 23.1 Å². The summed E-state index contributed by atoms with van der Waals surface area (Å²) in [4.78, 5) is 93.8. The Labute approximate surface area is 374 Å². The molecule has 1 saturated heterocycles. The molecule has 0 aliphatic carbocycles. The lowest BCUT2D eigenvalue weighted by atomic mass is 10.0. The van der Waals surface area contributed by atoms with E-state index in [1.54, 1.807) is 68.4 Å². The maximum Gasteiger partial charge on any atom is 0.475 e. The van der Waals surface area contributed by atoms with Crippen molar-refractivity contribution in [1.82, 2.24) is 25.5 Å². The zero-order chi connectivity index (χ0) is 47.5. The van der Waals surface area contributed by atoms with Gasteiger partial charge in [-0.2, -0.15) is 4.98 Å². The standard InChI is InChI=1S/C43H53N6O15P/c1-6-20-59-43(57)45-32(39(52)48-38(27(3)4)40(53)44-31(41(54)55)22-29-14-10-8-11-15-29)25-61-65(58,60-21-7-2)62-26-34-33(63-28(5)50)24-37(64-34)49-19-18-35(47-42(49)56)46-36(51)23-30-16-12-9-13-17-30/h6-19,27,31-34,37-38H,1-2,20-26H2,3-5H3,(H,44,53)(H,45,57)(H,48,52)(H,54,55)(H,46,47,51,56)/t31-,32-,33-,34+,37+,38-,65?/m0/s1. The molecule has 0 spiro atoms. The largest absolute Gasteiger partial charge is 0.480 e. The molecule has 1 aliphatic heterocycles. The van der Waals surface area contributed by atoms with Gasteiger partial charge in [0.1, 0.15) is 49.0 Å². The monoisotopic (exact) mass is 924 g/mol.